The van der Waals surface area contributed by atoms with Crippen LogP contribution in [0.2, 0.25) is 0 Å². The molecule has 0 amide bonds. The zero-order valence-electron chi connectivity index (χ0n) is 16.4. The fraction of sp³-hybridized carbons (Fsp3) is 0. The van der Waals surface area contributed by atoms with E-state index in [0.717, 1.165) is 0 Å². The smallest absolute Gasteiger partial charge is 0.00137 e. The van der Waals surface area contributed by atoms with Gasteiger partial charge in [0.15, 0.2) is 0 Å². The molecule has 0 N–H and O–H groups in total. The van der Waals surface area contributed by atoms with E-state index >= 15 is 0 Å². The second-order valence-electron chi connectivity index (χ2n) is 8.14. The molecule has 0 nitrogen and oxygen atoms in total. The molecule has 0 aliphatic heterocycles. The van der Waals surface area contributed by atoms with Crippen LogP contribution in [0.15, 0.2) is 109 Å². The lowest BCUT2D eigenvalue weighted by molar-refractivity contribution is 1.85. The van der Waals surface area contributed by atoms with Gasteiger partial charge in [0.05, 0.1) is 0 Å². The van der Waals surface area contributed by atoms with E-state index in [9.17, 15) is 0 Å². The molecule has 0 saturated heterocycles. The average Bonchev–Trinajstić information content (AvgIpc) is 3.16. The quantitative estimate of drug-likeness (QED) is 0.248. The summed E-state index contributed by atoms with van der Waals surface area (Å²) < 4.78 is 0. The van der Waals surface area contributed by atoms with Crippen molar-refractivity contribution in [1.82, 2.24) is 0 Å². The highest BCUT2D eigenvalue weighted by Gasteiger charge is 2.23. The van der Waals surface area contributed by atoms with Crippen LogP contribution in [-0.4, -0.2) is 0 Å². The van der Waals surface area contributed by atoms with Gasteiger partial charge >= 0.3 is 0 Å². The molecule has 0 heteroatoms. The Balaban J connectivity index is 1.87. The first-order chi connectivity index (χ1) is 14.9. The highest BCUT2D eigenvalue weighted by Crippen LogP contribution is 2.51. The molecule has 0 unspecified atom stereocenters. The molecule has 0 saturated carbocycles. The van der Waals surface area contributed by atoms with Crippen molar-refractivity contribution in [3.63, 3.8) is 0 Å². The van der Waals surface area contributed by atoms with Crippen LogP contribution in [0, 0.1) is 0 Å². The lowest BCUT2D eigenvalue weighted by atomic mass is 9.98. The summed E-state index contributed by atoms with van der Waals surface area (Å²) in [5, 5.41) is 8.21. The molecular weight excluding hydrogens is 360 g/mol. The normalized spacial score (nSPS) is 12.0. The Labute approximate surface area is 175 Å². The molecule has 0 atom stereocenters. The van der Waals surface area contributed by atoms with Crippen molar-refractivity contribution in [2.75, 3.05) is 0 Å². The summed E-state index contributed by atoms with van der Waals surface area (Å²) in [6, 6.07) is 39.9. The minimum atomic E-state index is 1.30. The van der Waals surface area contributed by atoms with Crippen LogP contribution in [0.25, 0.3) is 65.7 Å². The van der Waals surface area contributed by atoms with Crippen molar-refractivity contribution in [2.24, 2.45) is 0 Å². The van der Waals surface area contributed by atoms with Gasteiger partial charge in [-0.25, -0.2) is 0 Å². The number of fused-ring (bicyclic) bond motifs is 12. The summed E-state index contributed by atoms with van der Waals surface area (Å²) in [6.45, 7) is 0. The fourth-order valence-corrected chi connectivity index (χ4v) is 5.31. The highest BCUT2D eigenvalue weighted by atomic mass is 14.3. The minimum absolute atomic E-state index is 1.30. The summed E-state index contributed by atoms with van der Waals surface area (Å²) in [4.78, 5) is 0. The largest absolute Gasteiger partial charge is 0.0622 e. The van der Waals surface area contributed by atoms with Gasteiger partial charge in [0, 0.05) is 0 Å². The Hall–Kier alpha value is -3.90. The van der Waals surface area contributed by atoms with Crippen molar-refractivity contribution in [3.8, 4) is 33.4 Å². The molecule has 0 radical (unpaired) electrons. The van der Waals surface area contributed by atoms with Crippen LogP contribution in [-0.2, 0) is 0 Å². The van der Waals surface area contributed by atoms with Gasteiger partial charge in [-0.15, -0.1) is 0 Å². The van der Waals surface area contributed by atoms with Gasteiger partial charge in [0.2, 0.25) is 0 Å². The van der Waals surface area contributed by atoms with Crippen molar-refractivity contribution in [3.05, 3.63) is 109 Å². The third-order valence-corrected chi connectivity index (χ3v) is 6.54. The second kappa shape index (κ2) is 5.81. The first-order valence-electron chi connectivity index (χ1n) is 10.5. The maximum absolute atomic E-state index is 2.39. The van der Waals surface area contributed by atoms with Gasteiger partial charge in [-0.3, -0.25) is 0 Å². The van der Waals surface area contributed by atoms with Crippen LogP contribution in [0.3, 0.4) is 0 Å². The van der Waals surface area contributed by atoms with Crippen molar-refractivity contribution in [2.45, 2.75) is 0 Å². The van der Waals surface area contributed by atoms with E-state index in [1.54, 1.807) is 0 Å². The second-order valence-corrected chi connectivity index (χ2v) is 8.14. The van der Waals surface area contributed by atoms with Gasteiger partial charge in [0.25, 0.3) is 0 Å². The Morgan fingerprint density at radius 2 is 0.667 bits per heavy atom. The SMILES string of the molecule is c1ccc2cc3c4cc5cccccc-5c4c4c5cccccc-5cc4c3c-2cc1. The summed E-state index contributed by atoms with van der Waals surface area (Å²) >= 11 is 0. The summed E-state index contributed by atoms with van der Waals surface area (Å²) in [6.07, 6.45) is 0. The van der Waals surface area contributed by atoms with E-state index in [1.165, 1.54) is 65.7 Å². The van der Waals surface area contributed by atoms with E-state index in [-0.39, 0.29) is 0 Å². The molecule has 0 fully saturated rings. The number of hydrogen-bond donors (Lipinski definition) is 0. The molecule has 1 aromatic rings. The number of rotatable bonds is 0. The molecule has 7 rings (SSSR count). The molecular formula is C30H18. The predicted octanol–water partition coefficient (Wildman–Crippen LogP) is 8.46. The van der Waals surface area contributed by atoms with Gasteiger partial charge in [0.1, 0.15) is 0 Å². The molecule has 0 spiro atoms. The highest BCUT2D eigenvalue weighted by molar-refractivity contribution is 6.37. The Morgan fingerprint density at radius 1 is 0.300 bits per heavy atom. The maximum Gasteiger partial charge on any atom is -0.00137 e. The van der Waals surface area contributed by atoms with Crippen molar-refractivity contribution >= 4 is 32.3 Å². The summed E-state index contributed by atoms with van der Waals surface area (Å²) in [7, 11) is 0. The van der Waals surface area contributed by atoms with Crippen LogP contribution in [0.5, 0.6) is 0 Å². The van der Waals surface area contributed by atoms with Crippen LogP contribution < -0.4 is 0 Å². The van der Waals surface area contributed by atoms with Crippen LogP contribution in [0.1, 0.15) is 0 Å². The third-order valence-electron chi connectivity index (χ3n) is 6.54. The standard InChI is InChI=1S/C30H18/c1-4-10-19-16-25-26-17-20-11-5-2-8-14-23(20)29(26)30-24-15-9-3-6-12-21(24)18-27(30)28(25)22(19)13-7-1/h1-18H. The zero-order chi connectivity index (χ0) is 19.7. The molecule has 0 heterocycles. The number of benzene rings is 1. The number of hydrogen-bond acceptors (Lipinski definition) is 0. The van der Waals surface area contributed by atoms with Crippen molar-refractivity contribution < 1.29 is 0 Å². The molecule has 1 aromatic carbocycles. The van der Waals surface area contributed by atoms with Gasteiger partial charge in [-0.1, -0.05) is 91.0 Å². The van der Waals surface area contributed by atoms with Gasteiger partial charge in [-0.2, -0.15) is 0 Å². The molecule has 6 aliphatic rings. The molecule has 138 valence electrons. The zero-order valence-corrected chi connectivity index (χ0v) is 16.4. The topological polar surface area (TPSA) is 0 Å². The fourth-order valence-electron chi connectivity index (χ4n) is 5.31. The summed E-state index contributed by atoms with van der Waals surface area (Å²) in [5.74, 6) is 0. The van der Waals surface area contributed by atoms with Crippen molar-refractivity contribution in [1.29, 1.82) is 0 Å². The molecule has 6 aliphatic carbocycles. The van der Waals surface area contributed by atoms with E-state index < -0.39 is 0 Å². The van der Waals surface area contributed by atoms with E-state index in [4.69, 9.17) is 0 Å². The first kappa shape index (κ1) is 16.0. The lowest BCUT2D eigenvalue weighted by Crippen LogP contribution is -1.76. The Kier molecular flexibility index (Phi) is 3.09. The molecule has 0 bridgehead atoms. The molecule has 30 heavy (non-hydrogen) atoms. The van der Waals surface area contributed by atoms with E-state index in [2.05, 4.69) is 109 Å². The monoisotopic (exact) mass is 378 g/mol. The summed E-state index contributed by atoms with van der Waals surface area (Å²) in [5.41, 5.74) is 7.89. The van der Waals surface area contributed by atoms with Gasteiger partial charge in [-0.05, 0) is 83.9 Å². The van der Waals surface area contributed by atoms with E-state index in [1.807, 2.05) is 0 Å². The minimum Gasteiger partial charge on any atom is -0.0622 e. The van der Waals surface area contributed by atoms with Gasteiger partial charge < -0.3 is 0 Å². The van der Waals surface area contributed by atoms with Crippen LogP contribution >= 0.6 is 0 Å². The third kappa shape index (κ3) is 2.00. The molecule has 0 aromatic heterocycles. The maximum atomic E-state index is 2.39. The van der Waals surface area contributed by atoms with E-state index in [0.29, 0.717) is 0 Å². The van der Waals surface area contributed by atoms with Crippen LogP contribution in [0.4, 0.5) is 0 Å². The predicted molar refractivity (Wildman–Crippen MR) is 129 cm³/mol. The lowest BCUT2D eigenvalue weighted by Gasteiger charge is -2.04. The first-order valence-corrected chi connectivity index (χ1v) is 10.5. The Morgan fingerprint density at radius 3 is 1.20 bits per heavy atom. The average molecular weight is 378 g/mol. The Bertz CT molecular complexity index is 1640.